The van der Waals surface area contributed by atoms with E-state index in [1.54, 1.807) is 0 Å². The predicted octanol–water partition coefficient (Wildman–Crippen LogP) is 4.88. The largest absolute Gasteiger partial charge is 0.490 e. The Morgan fingerprint density at radius 1 is 1.06 bits per heavy atom. The lowest BCUT2D eigenvalue weighted by atomic mass is 10.1. The first-order valence-electron chi connectivity index (χ1n) is 11.6. The van der Waals surface area contributed by atoms with Crippen LogP contribution in [0.2, 0.25) is 0 Å². The van der Waals surface area contributed by atoms with Crippen LogP contribution in [-0.4, -0.2) is 32.9 Å². The van der Waals surface area contributed by atoms with Gasteiger partial charge in [0.25, 0.3) is 0 Å². The minimum Gasteiger partial charge on any atom is -0.490 e. The first-order chi connectivity index (χ1) is 16.2. The number of imidazole rings is 1. The number of benzene rings is 2. The van der Waals surface area contributed by atoms with E-state index in [4.69, 9.17) is 14.0 Å². The summed E-state index contributed by atoms with van der Waals surface area (Å²) in [6.45, 7) is 5.02. The van der Waals surface area contributed by atoms with E-state index in [1.165, 1.54) is 12.8 Å². The maximum Gasteiger partial charge on any atom is 0.326 e. The number of aromatic nitrogens is 4. The van der Waals surface area contributed by atoms with Crippen LogP contribution in [0.4, 0.5) is 0 Å². The predicted molar refractivity (Wildman–Crippen MR) is 125 cm³/mol. The normalized spacial score (nSPS) is 14.2. The molecule has 0 saturated heterocycles. The van der Waals surface area contributed by atoms with Gasteiger partial charge in [-0.2, -0.15) is 4.98 Å². The second-order valence-corrected chi connectivity index (χ2v) is 8.31. The monoisotopic (exact) mass is 448 g/mol. The Labute approximate surface area is 191 Å². The third-order valence-electron chi connectivity index (χ3n) is 6.10. The highest BCUT2D eigenvalue weighted by molar-refractivity contribution is 5.80. The number of fused-ring (bicyclic) bond motifs is 1. The van der Waals surface area contributed by atoms with Crippen molar-refractivity contribution in [2.75, 3.05) is 13.2 Å². The Morgan fingerprint density at radius 3 is 2.64 bits per heavy atom. The summed E-state index contributed by atoms with van der Waals surface area (Å²) in [6.07, 6.45) is 4.94. The quantitative estimate of drug-likeness (QED) is 0.413. The molecular weight excluding hydrogens is 420 g/mol. The number of hydrogen-bond donors (Lipinski definition) is 1. The Morgan fingerprint density at radius 2 is 1.85 bits per heavy atom. The van der Waals surface area contributed by atoms with Crippen molar-refractivity contribution in [2.45, 2.75) is 52.0 Å². The highest BCUT2D eigenvalue weighted by atomic mass is 16.5. The molecule has 0 aliphatic heterocycles. The van der Waals surface area contributed by atoms with Crippen molar-refractivity contribution in [1.82, 2.24) is 19.7 Å². The summed E-state index contributed by atoms with van der Waals surface area (Å²) >= 11 is 0. The summed E-state index contributed by atoms with van der Waals surface area (Å²) in [5, 5.41) is 4.16. The van der Waals surface area contributed by atoms with Crippen molar-refractivity contribution >= 4 is 11.0 Å². The molecule has 0 spiro atoms. The van der Waals surface area contributed by atoms with Gasteiger partial charge in [-0.1, -0.05) is 24.1 Å². The molecule has 1 fully saturated rings. The van der Waals surface area contributed by atoms with E-state index in [1.807, 2.05) is 54.8 Å². The summed E-state index contributed by atoms with van der Waals surface area (Å²) in [6, 6.07) is 11.9. The molecule has 1 aliphatic carbocycles. The van der Waals surface area contributed by atoms with Gasteiger partial charge in [0, 0.05) is 11.6 Å². The van der Waals surface area contributed by atoms with Crippen molar-refractivity contribution in [3.05, 3.63) is 58.3 Å². The molecule has 0 bridgehead atoms. The Hall–Kier alpha value is -3.55. The van der Waals surface area contributed by atoms with Crippen molar-refractivity contribution in [2.24, 2.45) is 0 Å². The van der Waals surface area contributed by atoms with Gasteiger partial charge in [-0.3, -0.25) is 4.57 Å². The topological polar surface area (TPSA) is 95.2 Å². The van der Waals surface area contributed by atoms with Crippen LogP contribution in [0.15, 0.2) is 45.7 Å². The van der Waals surface area contributed by atoms with Crippen LogP contribution in [0.5, 0.6) is 11.5 Å². The number of ether oxygens (including phenoxy) is 2. The highest BCUT2D eigenvalue weighted by Crippen LogP contribution is 2.32. The molecule has 1 N–H and O–H groups in total. The molecule has 2 aromatic carbocycles. The molecule has 5 rings (SSSR count). The van der Waals surface area contributed by atoms with Gasteiger partial charge in [-0.15, -0.1) is 0 Å². The van der Waals surface area contributed by atoms with Gasteiger partial charge in [-0.25, -0.2) is 4.79 Å². The number of nitrogens with zero attached hydrogens (tertiary/aromatic N) is 3. The smallest absolute Gasteiger partial charge is 0.326 e. The van der Waals surface area contributed by atoms with Crippen LogP contribution < -0.4 is 15.2 Å². The molecule has 33 heavy (non-hydrogen) atoms. The molecule has 0 amide bonds. The zero-order chi connectivity index (χ0) is 22.8. The Bertz CT molecular complexity index is 1310. The molecule has 0 unspecified atom stereocenters. The number of H-pyrrole nitrogens is 1. The molecule has 8 heteroatoms. The summed E-state index contributed by atoms with van der Waals surface area (Å²) in [5.74, 6) is 2.44. The van der Waals surface area contributed by atoms with Crippen LogP contribution in [-0.2, 0) is 6.42 Å². The van der Waals surface area contributed by atoms with Gasteiger partial charge in [0.05, 0.1) is 30.7 Å². The summed E-state index contributed by atoms with van der Waals surface area (Å²) < 4.78 is 18.8. The van der Waals surface area contributed by atoms with Crippen LogP contribution in [0.1, 0.15) is 57.0 Å². The molecule has 2 heterocycles. The van der Waals surface area contributed by atoms with Crippen LogP contribution in [0.3, 0.4) is 0 Å². The lowest BCUT2D eigenvalue weighted by molar-refractivity contribution is 0.287. The van der Waals surface area contributed by atoms with E-state index >= 15 is 0 Å². The fourth-order valence-electron chi connectivity index (χ4n) is 4.62. The van der Waals surface area contributed by atoms with Crippen molar-refractivity contribution in [1.29, 1.82) is 0 Å². The zero-order valence-electron chi connectivity index (χ0n) is 19.0. The average molecular weight is 449 g/mol. The zero-order valence-corrected chi connectivity index (χ0v) is 19.0. The first kappa shape index (κ1) is 21.3. The molecule has 0 atom stereocenters. The molecule has 4 aromatic rings. The third kappa shape index (κ3) is 4.25. The van der Waals surface area contributed by atoms with Crippen molar-refractivity contribution in [3.8, 4) is 22.9 Å². The minimum absolute atomic E-state index is 0.0524. The molecule has 0 radical (unpaired) electrons. The SMILES string of the molecule is CCOc1ccc(Cc2nc(-c3ccc4c(c3)[nH]c(=O)n4C3CCCC3)no2)cc1OCC. The summed E-state index contributed by atoms with van der Waals surface area (Å²) in [7, 11) is 0. The van der Waals surface area contributed by atoms with Gasteiger partial charge in [0.1, 0.15) is 0 Å². The maximum absolute atomic E-state index is 12.6. The molecule has 1 saturated carbocycles. The summed E-state index contributed by atoms with van der Waals surface area (Å²) in [4.78, 5) is 20.1. The van der Waals surface area contributed by atoms with E-state index in [0.717, 1.165) is 40.8 Å². The third-order valence-corrected chi connectivity index (χ3v) is 6.10. The standard InChI is InChI=1S/C25H28N4O4/c1-3-31-21-12-9-16(13-22(21)32-4-2)14-23-27-24(28-33-23)17-10-11-20-19(15-17)26-25(30)29(20)18-7-5-6-8-18/h9-13,15,18H,3-8,14H2,1-2H3,(H,26,30). The highest BCUT2D eigenvalue weighted by Gasteiger charge is 2.21. The lowest BCUT2D eigenvalue weighted by Gasteiger charge is -2.11. The van der Waals surface area contributed by atoms with E-state index in [-0.39, 0.29) is 11.7 Å². The van der Waals surface area contributed by atoms with Crippen LogP contribution in [0, 0.1) is 0 Å². The van der Waals surface area contributed by atoms with E-state index < -0.39 is 0 Å². The van der Waals surface area contributed by atoms with Gasteiger partial charge >= 0.3 is 5.69 Å². The van der Waals surface area contributed by atoms with Gasteiger partial charge in [0.15, 0.2) is 11.5 Å². The van der Waals surface area contributed by atoms with Crippen molar-refractivity contribution in [3.63, 3.8) is 0 Å². The van der Waals surface area contributed by atoms with Gasteiger partial charge in [0.2, 0.25) is 11.7 Å². The molecule has 1 aliphatic rings. The number of hydrogen-bond acceptors (Lipinski definition) is 6. The van der Waals surface area contributed by atoms with Crippen molar-refractivity contribution < 1.29 is 14.0 Å². The Balaban J connectivity index is 1.38. The van der Waals surface area contributed by atoms with Crippen LogP contribution >= 0.6 is 0 Å². The molecular formula is C25H28N4O4. The fraction of sp³-hybridized carbons (Fsp3) is 0.400. The van der Waals surface area contributed by atoms with E-state index in [9.17, 15) is 4.79 Å². The average Bonchev–Trinajstić information content (AvgIpc) is 3.55. The van der Waals surface area contributed by atoms with E-state index in [2.05, 4.69) is 15.1 Å². The fourth-order valence-corrected chi connectivity index (χ4v) is 4.62. The number of nitrogens with one attached hydrogen (secondary N) is 1. The second-order valence-electron chi connectivity index (χ2n) is 8.31. The first-order valence-corrected chi connectivity index (χ1v) is 11.6. The maximum atomic E-state index is 12.6. The second kappa shape index (κ2) is 9.13. The molecule has 2 aromatic heterocycles. The number of rotatable bonds is 8. The van der Waals surface area contributed by atoms with Crippen LogP contribution in [0.25, 0.3) is 22.4 Å². The minimum atomic E-state index is -0.0524. The van der Waals surface area contributed by atoms with E-state index in [0.29, 0.717) is 37.1 Å². The van der Waals surface area contributed by atoms with Gasteiger partial charge < -0.3 is 19.0 Å². The van der Waals surface area contributed by atoms with Gasteiger partial charge in [-0.05, 0) is 62.6 Å². The molecule has 8 nitrogen and oxygen atoms in total. The summed E-state index contributed by atoms with van der Waals surface area (Å²) in [5.41, 5.74) is 3.47. The Kier molecular flexibility index (Phi) is 5.90. The number of aromatic amines is 1. The molecule has 172 valence electrons. The lowest BCUT2D eigenvalue weighted by Crippen LogP contribution is -2.20.